The van der Waals surface area contributed by atoms with E-state index in [1.54, 1.807) is 0 Å². The van der Waals surface area contributed by atoms with E-state index < -0.39 is 0 Å². The van der Waals surface area contributed by atoms with Gasteiger partial charge in [0.15, 0.2) is 0 Å². The van der Waals surface area contributed by atoms with E-state index in [0.717, 1.165) is 37.3 Å². The lowest BCUT2D eigenvalue weighted by Crippen LogP contribution is -2.35. The highest BCUT2D eigenvalue weighted by atomic mass is 16.2. The van der Waals surface area contributed by atoms with Gasteiger partial charge in [0.1, 0.15) is 0 Å². The van der Waals surface area contributed by atoms with Crippen LogP contribution in [0.4, 0.5) is 11.4 Å². The fraction of sp³-hybridized carbons (Fsp3) is 0.300. The zero-order valence-electron chi connectivity index (χ0n) is 14.2. The minimum atomic E-state index is -0.111. The van der Waals surface area contributed by atoms with E-state index in [-0.39, 0.29) is 18.4 Å². The number of hydrogen-bond donors (Lipinski definition) is 2. The molecular formula is C20H23N3O2. The zero-order chi connectivity index (χ0) is 17.5. The summed E-state index contributed by atoms with van der Waals surface area (Å²) in [6, 6.07) is 16.7. The van der Waals surface area contributed by atoms with Crippen LogP contribution in [0.5, 0.6) is 0 Å². The van der Waals surface area contributed by atoms with Crippen LogP contribution in [0.3, 0.4) is 0 Å². The van der Waals surface area contributed by atoms with Crippen LogP contribution in [0.25, 0.3) is 0 Å². The molecule has 0 bridgehead atoms. The van der Waals surface area contributed by atoms with Gasteiger partial charge in [-0.05, 0) is 55.7 Å². The van der Waals surface area contributed by atoms with Gasteiger partial charge < -0.3 is 15.5 Å². The van der Waals surface area contributed by atoms with E-state index in [9.17, 15) is 9.59 Å². The van der Waals surface area contributed by atoms with Gasteiger partial charge in [-0.25, -0.2) is 0 Å². The molecular weight excluding hydrogens is 314 g/mol. The van der Waals surface area contributed by atoms with Crippen LogP contribution in [-0.2, 0) is 4.79 Å². The Morgan fingerprint density at radius 1 is 0.840 bits per heavy atom. The Labute approximate surface area is 148 Å². The summed E-state index contributed by atoms with van der Waals surface area (Å²) in [6.45, 7) is 1.87. The predicted octanol–water partition coefficient (Wildman–Crippen LogP) is 3.36. The van der Waals surface area contributed by atoms with Gasteiger partial charge in [-0.1, -0.05) is 18.2 Å². The molecule has 1 saturated heterocycles. The van der Waals surface area contributed by atoms with Crippen molar-refractivity contribution in [2.45, 2.75) is 19.3 Å². The van der Waals surface area contributed by atoms with Crippen LogP contribution >= 0.6 is 0 Å². The minimum absolute atomic E-state index is 0.0908. The van der Waals surface area contributed by atoms with Crippen molar-refractivity contribution in [1.82, 2.24) is 4.90 Å². The minimum Gasteiger partial charge on any atom is -0.376 e. The first kappa shape index (κ1) is 17.0. The first-order valence-corrected chi connectivity index (χ1v) is 8.70. The van der Waals surface area contributed by atoms with E-state index in [1.165, 1.54) is 6.42 Å². The molecule has 5 heteroatoms. The van der Waals surface area contributed by atoms with Crippen LogP contribution < -0.4 is 10.6 Å². The Morgan fingerprint density at radius 2 is 1.52 bits per heavy atom. The number of likely N-dealkylation sites (tertiary alicyclic amines) is 1. The van der Waals surface area contributed by atoms with Gasteiger partial charge in [-0.2, -0.15) is 0 Å². The van der Waals surface area contributed by atoms with Crippen LogP contribution in [0, 0.1) is 0 Å². The molecule has 0 saturated carbocycles. The summed E-state index contributed by atoms with van der Waals surface area (Å²) < 4.78 is 0. The molecule has 5 nitrogen and oxygen atoms in total. The quantitative estimate of drug-likeness (QED) is 0.879. The average molecular weight is 337 g/mol. The number of carbonyl (C=O) groups is 2. The number of para-hydroxylation sites is 1. The fourth-order valence-corrected chi connectivity index (χ4v) is 2.92. The molecule has 2 aromatic rings. The molecule has 2 N–H and O–H groups in total. The Hall–Kier alpha value is -2.82. The molecule has 0 atom stereocenters. The second-order valence-electron chi connectivity index (χ2n) is 6.20. The monoisotopic (exact) mass is 337 g/mol. The second-order valence-corrected chi connectivity index (χ2v) is 6.20. The lowest BCUT2D eigenvalue weighted by atomic mass is 10.1. The molecule has 0 aromatic heterocycles. The third-order valence-electron chi connectivity index (χ3n) is 4.29. The molecule has 2 amide bonds. The van der Waals surface area contributed by atoms with Gasteiger partial charge in [0, 0.05) is 30.0 Å². The Bertz CT molecular complexity index is 707. The molecule has 130 valence electrons. The summed E-state index contributed by atoms with van der Waals surface area (Å²) in [5.74, 6) is -0.0206. The van der Waals surface area contributed by atoms with E-state index >= 15 is 0 Å². The van der Waals surface area contributed by atoms with Gasteiger partial charge in [0.05, 0.1) is 6.54 Å². The van der Waals surface area contributed by atoms with Crippen molar-refractivity contribution in [3.8, 4) is 0 Å². The number of rotatable bonds is 5. The van der Waals surface area contributed by atoms with Crippen LogP contribution in [0.1, 0.15) is 29.6 Å². The molecule has 0 radical (unpaired) electrons. The molecule has 2 aromatic carbocycles. The standard InChI is InChI=1S/C20H23N3O2/c24-19(22-18-7-3-1-4-8-18)15-21-17-11-9-16(10-12-17)20(25)23-13-5-2-6-14-23/h1,3-4,7-12,21H,2,5-6,13-15H2,(H,22,24). The van der Waals surface area contributed by atoms with Gasteiger partial charge in [-0.15, -0.1) is 0 Å². The number of nitrogens with zero attached hydrogens (tertiary/aromatic N) is 1. The Balaban J connectivity index is 1.50. The smallest absolute Gasteiger partial charge is 0.253 e. The highest BCUT2D eigenvalue weighted by Crippen LogP contribution is 2.15. The van der Waals surface area contributed by atoms with E-state index in [2.05, 4.69) is 10.6 Å². The summed E-state index contributed by atoms with van der Waals surface area (Å²) in [5, 5.41) is 5.90. The summed E-state index contributed by atoms with van der Waals surface area (Å²) in [6.07, 6.45) is 3.38. The van der Waals surface area contributed by atoms with Crippen molar-refractivity contribution >= 4 is 23.2 Å². The predicted molar refractivity (Wildman–Crippen MR) is 99.8 cm³/mol. The molecule has 1 aliphatic heterocycles. The SMILES string of the molecule is O=C(CNc1ccc(C(=O)N2CCCCC2)cc1)Nc1ccccc1. The Kier molecular flexibility index (Phi) is 5.67. The van der Waals surface area contributed by atoms with Crippen molar-refractivity contribution in [3.63, 3.8) is 0 Å². The van der Waals surface area contributed by atoms with Gasteiger partial charge in [0.2, 0.25) is 5.91 Å². The molecule has 0 unspecified atom stereocenters. The normalized spacial score (nSPS) is 14.0. The van der Waals surface area contributed by atoms with Crippen molar-refractivity contribution in [2.75, 3.05) is 30.3 Å². The molecule has 3 rings (SSSR count). The van der Waals surface area contributed by atoms with Crippen molar-refractivity contribution in [3.05, 3.63) is 60.2 Å². The third-order valence-corrected chi connectivity index (χ3v) is 4.29. The maximum Gasteiger partial charge on any atom is 0.253 e. The number of benzene rings is 2. The molecule has 0 aliphatic carbocycles. The van der Waals surface area contributed by atoms with Crippen LogP contribution in [0.15, 0.2) is 54.6 Å². The zero-order valence-corrected chi connectivity index (χ0v) is 14.2. The first-order chi connectivity index (χ1) is 12.2. The first-order valence-electron chi connectivity index (χ1n) is 8.70. The molecule has 1 aliphatic rings. The topological polar surface area (TPSA) is 61.4 Å². The largest absolute Gasteiger partial charge is 0.376 e. The highest BCUT2D eigenvalue weighted by molar-refractivity contribution is 5.95. The summed E-state index contributed by atoms with van der Waals surface area (Å²) in [5.41, 5.74) is 2.29. The van der Waals surface area contributed by atoms with Crippen molar-refractivity contribution in [1.29, 1.82) is 0 Å². The lowest BCUT2D eigenvalue weighted by molar-refractivity contribution is -0.114. The van der Waals surface area contributed by atoms with Crippen LogP contribution in [0.2, 0.25) is 0 Å². The number of amides is 2. The maximum atomic E-state index is 12.4. The summed E-state index contributed by atoms with van der Waals surface area (Å²) >= 11 is 0. The number of nitrogens with one attached hydrogen (secondary N) is 2. The maximum absolute atomic E-state index is 12.4. The number of piperidine rings is 1. The van der Waals surface area contributed by atoms with E-state index in [1.807, 2.05) is 59.5 Å². The summed E-state index contributed by atoms with van der Waals surface area (Å²) in [4.78, 5) is 26.3. The lowest BCUT2D eigenvalue weighted by Gasteiger charge is -2.26. The number of anilines is 2. The van der Waals surface area contributed by atoms with Crippen LogP contribution in [-0.4, -0.2) is 36.3 Å². The molecule has 0 spiro atoms. The average Bonchev–Trinajstić information content (AvgIpc) is 2.68. The second kappa shape index (κ2) is 8.33. The Morgan fingerprint density at radius 3 is 2.20 bits per heavy atom. The van der Waals surface area contributed by atoms with Gasteiger partial charge in [-0.3, -0.25) is 9.59 Å². The van der Waals surface area contributed by atoms with E-state index in [0.29, 0.717) is 5.56 Å². The van der Waals surface area contributed by atoms with Gasteiger partial charge >= 0.3 is 0 Å². The fourth-order valence-electron chi connectivity index (χ4n) is 2.92. The number of carbonyl (C=O) groups excluding carboxylic acids is 2. The highest BCUT2D eigenvalue weighted by Gasteiger charge is 2.17. The molecule has 1 fully saturated rings. The number of hydrogen-bond acceptors (Lipinski definition) is 3. The van der Waals surface area contributed by atoms with Crippen molar-refractivity contribution in [2.24, 2.45) is 0 Å². The van der Waals surface area contributed by atoms with E-state index in [4.69, 9.17) is 0 Å². The summed E-state index contributed by atoms with van der Waals surface area (Å²) in [7, 11) is 0. The van der Waals surface area contributed by atoms with Gasteiger partial charge in [0.25, 0.3) is 5.91 Å². The van der Waals surface area contributed by atoms with Crippen molar-refractivity contribution < 1.29 is 9.59 Å². The molecule has 25 heavy (non-hydrogen) atoms. The third kappa shape index (κ3) is 4.83. The molecule has 1 heterocycles.